The van der Waals surface area contributed by atoms with Gasteiger partial charge in [-0.2, -0.15) is 5.10 Å². The Morgan fingerprint density at radius 1 is 1.17 bits per heavy atom. The maximum atomic E-state index is 13.1. The molecule has 0 saturated heterocycles. The molecule has 178 valence electrons. The van der Waals surface area contributed by atoms with Gasteiger partial charge in [-0.25, -0.2) is 24.5 Å². The summed E-state index contributed by atoms with van der Waals surface area (Å²) in [5.74, 6) is 0.953. The molecule has 4 aromatic rings. The van der Waals surface area contributed by atoms with Crippen LogP contribution in [-0.4, -0.2) is 40.4 Å². The minimum Gasteiger partial charge on any atom is -0.383 e. The van der Waals surface area contributed by atoms with Crippen LogP contribution in [0.5, 0.6) is 0 Å². The smallest absolute Gasteiger partial charge is 0.242 e. The number of nitrogens with one attached hydrogen (secondary N) is 2. The maximum Gasteiger partial charge on any atom is 0.242 e. The lowest BCUT2D eigenvalue weighted by Gasteiger charge is -2.22. The number of nitrogens with zero attached hydrogens (tertiary/aromatic N) is 6. The molecular formula is C24H25N9O2. The number of amides is 1. The third-order valence-corrected chi connectivity index (χ3v) is 7.20. The van der Waals surface area contributed by atoms with Gasteiger partial charge in [0.15, 0.2) is 16.9 Å². The van der Waals surface area contributed by atoms with Gasteiger partial charge in [-0.05, 0) is 19.3 Å². The van der Waals surface area contributed by atoms with E-state index in [4.69, 9.17) is 10.7 Å². The Kier molecular flexibility index (Phi) is 4.87. The number of pyridine rings is 1. The molecule has 4 N–H and O–H groups in total. The van der Waals surface area contributed by atoms with Crippen LogP contribution in [0.1, 0.15) is 56.0 Å². The van der Waals surface area contributed by atoms with Crippen LogP contribution in [0, 0.1) is 5.92 Å². The minimum atomic E-state index is -1.23. The number of anilines is 2. The van der Waals surface area contributed by atoms with Crippen LogP contribution in [0.4, 0.5) is 11.6 Å². The normalized spacial score (nSPS) is 20.2. The Morgan fingerprint density at radius 2 is 2.00 bits per heavy atom. The number of carbonyl (C=O) groups excluding carboxylic acids is 1. The summed E-state index contributed by atoms with van der Waals surface area (Å²) in [6.45, 7) is 1.70. The predicted octanol–water partition coefficient (Wildman–Crippen LogP) is 2.23. The summed E-state index contributed by atoms with van der Waals surface area (Å²) in [5.41, 5.74) is 7.88. The van der Waals surface area contributed by atoms with Gasteiger partial charge in [0.05, 0.1) is 17.5 Å². The van der Waals surface area contributed by atoms with Gasteiger partial charge in [-0.1, -0.05) is 32.1 Å². The van der Waals surface area contributed by atoms with E-state index in [0.29, 0.717) is 28.7 Å². The van der Waals surface area contributed by atoms with Gasteiger partial charge in [0.25, 0.3) is 0 Å². The summed E-state index contributed by atoms with van der Waals surface area (Å²) in [5, 5.41) is 7.13. The zero-order chi connectivity index (χ0) is 24.2. The highest BCUT2D eigenvalue weighted by atomic mass is 16.2. The molecule has 5 heterocycles. The Hall–Kier alpha value is -4.15. The molecule has 0 bridgehead atoms. The van der Waals surface area contributed by atoms with E-state index in [0.717, 1.165) is 17.8 Å². The van der Waals surface area contributed by atoms with Crippen molar-refractivity contribution in [2.45, 2.75) is 50.9 Å². The average molecular weight is 472 g/mol. The molecule has 11 heteroatoms. The first kappa shape index (κ1) is 21.4. The number of hydrogen-bond donors (Lipinski definition) is 3. The molecule has 1 aliphatic heterocycles. The van der Waals surface area contributed by atoms with Crippen molar-refractivity contribution in [3.63, 3.8) is 0 Å². The third kappa shape index (κ3) is 3.46. The molecule has 1 saturated carbocycles. The van der Waals surface area contributed by atoms with Crippen molar-refractivity contribution >= 4 is 23.2 Å². The highest BCUT2D eigenvalue weighted by Crippen LogP contribution is 2.43. The van der Waals surface area contributed by atoms with Crippen molar-refractivity contribution < 1.29 is 4.79 Å². The second kappa shape index (κ2) is 7.97. The predicted molar refractivity (Wildman–Crippen MR) is 129 cm³/mol. The number of aromatic nitrogens is 7. The zero-order valence-corrected chi connectivity index (χ0v) is 19.3. The molecule has 4 aromatic heterocycles. The standard InChI is InChI=1S/C24H25N9O2/c1-24(17-10-14(34)7-8-26-17)18-19(25)30-20(31-21(18)32-23(24)35)16-11-33-22(27-12-28-33)15(29-16)9-13-5-3-2-4-6-13/h7-8,10-13H,2-6,9H2,1H3,(H,26,34)(H3,25,30,31,32,35). The van der Waals surface area contributed by atoms with Crippen molar-refractivity contribution in [3.05, 3.63) is 58.0 Å². The fourth-order valence-electron chi connectivity index (χ4n) is 5.31. The van der Waals surface area contributed by atoms with Crippen LogP contribution in [0.2, 0.25) is 0 Å². The molecule has 11 nitrogen and oxygen atoms in total. The van der Waals surface area contributed by atoms with Crippen molar-refractivity contribution in [1.29, 1.82) is 0 Å². The van der Waals surface area contributed by atoms with Crippen LogP contribution >= 0.6 is 0 Å². The van der Waals surface area contributed by atoms with Gasteiger partial charge in [0.1, 0.15) is 29.1 Å². The molecule has 0 spiro atoms. The second-order valence-electron chi connectivity index (χ2n) is 9.48. The fraction of sp³-hybridized carbons (Fsp3) is 0.375. The summed E-state index contributed by atoms with van der Waals surface area (Å²) in [4.78, 5) is 46.5. The van der Waals surface area contributed by atoms with Crippen LogP contribution in [-0.2, 0) is 16.6 Å². The van der Waals surface area contributed by atoms with E-state index >= 15 is 0 Å². The molecule has 1 atom stereocenters. The lowest BCUT2D eigenvalue weighted by molar-refractivity contribution is -0.119. The molecule has 0 radical (unpaired) electrons. The summed E-state index contributed by atoms with van der Waals surface area (Å²) >= 11 is 0. The van der Waals surface area contributed by atoms with Crippen LogP contribution in [0.15, 0.2) is 35.6 Å². The highest BCUT2D eigenvalue weighted by Gasteiger charge is 2.48. The van der Waals surface area contributed by atoms with E-state index in [1.807, 2.05) is 0 Å². The zero-order valence-electron chi connectivity index (χ0n) is 19.3. The van der Waals surface area contributed by atoms with Gasteiger partial charge < -0.3 is 16.0 Å². The first-order chi connectivity index (χ1) is 16.9. The summed E-state index contributed by atoms with van der Waals surface area (Å²) in [6.07, 6.45) is 11.7. The first-order valence-electron chi connectivity index (χ1n) is 11.8. The van der Waals surface area contributed by atoms with Gasteiger partial charge in [-0.15, -0.1) is 0 Å². The van der Waals surface area contributed by atoms with E-state index < -0.39 is 5.41 Å². The number of nitrogen functional groups attached to an aromatic ring is 1. The van der Waals surface area contributed by atoms with Crippen LogP contribution < -0.4 is 16.5 Å². The van der Waals surface area contributed by atoms with E-state index in [1.54, 1.807) is 17.6 Å². The van der Waals surface area contributed by atoms with Crippen molar-refractivity contribution in [2.75, 3.05) is 11.1 Å². The average Bonchev–Trinajstić information content (AvgIpc) is 3.43. The Bertz CT molecular complexity index is 1520. The molecule has 1 aliphatic carbocycles. The van der Waals surface area contributed by atoms with Gasteiger partial charge >= 0.3 is 0 Å². The van der Waals surface area contributed by atoms with Crippen LogP contribution in [0.3, 0.4) is 0 Å². The molecular weight excluding hydrogens is 446 g/mol. The number of nitrogens with two attached hydrogens (primary N) is 1. The summed E-state index contributed by atoms with van der Waals surface area (Å²) < 4.78 is 1.69. The molecule has 6 rings (SSSR count). The Labute approximate surface area is 200 Å². The molecule has 0 aromatic carbocycles. The van der Waals surface area contributed by atoms with Crippen LogP contribution in [0.25, 0.3) is 17.2 Å². The number of H-pyrrole nitrogens is 1. The second-order valence-corrected chi connectivity index (χ2v) is 9.48. The lowest BCUT2D eigenvalue weighted by atomic mass is 9.81. The van der Waals surface area contributed by atoms with Crippen molar-refractivity contribution in [2.24, 2.45) is 5.92 Å². The number of fused-ring (bicyclic) bond motifs is 2. The van der Waals surface area contributed by atoms with Gasteiger partial charge in [0.2, 0.25) is 5.91 Å². The molecule has 1 fully saturated rings. The van der Waals surface area contributed by atoms with Gasteiger partial charge in [0, 0.05) is 24.0 Å². The number of carbonyl (C=O) groups is 1. The van der Waals surface area contributed by atoms with E-state index in [1.165, 1.54) is 56.8 Å². The van der Waals surface area contributed by atoms with Gasteiger partial charge in [-0.3, -0.25) is 9.59 Å². The third-order valence-electron chi connectivity index (χ3n) is 7.20. The monoisotopic (exact) mass is 471 g/mol. The maximum absolute atomic E-state index is 13.1. The summed E-state index contributed by atoms with van der Waals surface area (Å²) in [7, 11) is 0. The first-order valence-corrected chi connectivity index (χ1v) is 11.8. The van der Waals surface area contributed by atoms with E-state index in [9.17, 15) is 9.59 Å². The largest absolute Gasteiger partial charge is 0.383 e. The highest BCUT2D eigenvalue weighted by molar-refractivity contribution is 6.08. The molecule has 1 amide bonds. The Morgan fingerprint density at radius 3 is 2.80 bits per heavy atom. The SMILES string of the molecule is CC1(c2cc(=O)cc[nH]2)C(=O)Nc2nc(-c3cn4ncnc4c(CC4CCCCC4)n3)nc(N)c21. The molecule has 1 unspecified atom stereocenters. The van der Waals surface area contributed by atoms with Crippen molar-refractivity contribution in [3.8, 4) is 11.5 Å². The van der Waals surface area contributed by atoms with E-state index in [-0.39, 0.29) is 23.0 Å². The van der Waals surface area contributed by atoms with E-state index in [2.05, 4.69) is 30.4 Å². The van der Waals surface area contributed by atoms with Crippen molar-refractivity contribution in [1.82, 2.24) is 34.5 Å². The fourth-order valence-corrected chi connectivity index (χ4v) is 5.31. The number of aromatic amines is 1. The topological polar surface area (TPSA) is 157 Å². The minimum absolute atomic E-state index is 0.143. The Balaban J connectivity index is 1.44. The quantitative estimate of drug-likeness (QED) is 0.409. The number of hydrogen-bond acceptors (Lipinski definition) is 8. The summed E-state index contributed by atoms with van der Waals surface area (Å²) in [6, 6.07) is 2.78. The molecule has 2 aliphatic rings. The number of rotatable bonds is 4. The lowest BCUT2D eigenvalue weighted by Crippen LogP contribution is -2.34. The molecule has 35 heavy (non-hydrogen) atoms.